The van der Waals surface area contributed by atoms with Gasteiger partial charge in [0, 0.05) is 12.8 Å². The summed E-state index contributed by atoms with van der Waals surface area (Å²) in [7, 11) is 0. The summed E-state index contributed by atoms with van der Waals surface area (Å²) in [6.45, 7) is 5.07. The van der Waals surface area contributed by atoms with E-state index < -0.39 is 0 Å². The van der Waals surface area contributed by atoms with Gasteiger partial charge in [0.05, 0.1) is 0 Å². The molecular formula is C15H29NO. The summed E-state index contributed by atoms with van der Waals surface area (Å²) in [5.41, 5.74) is 6.08. The van der Waals surface area contributed by atoms with Crippen molar-refractivity contribution in [3.05, 3.63) is 0 Å². The average Bonchev–Trinajstić information content (AvgIpc) is 2.30. The van der Waals surface area contributed by atoms with Crippen LogP contribution in [0.1, 0.15) is 71.6 Å². The minimum Gasteiger partial charge on any atom is -0.330 e. The van der Waals surface area contributed by atoms with Crippen molar-refractivity contribution >= 4 is 5.78 Å². The summed E-state index contributed by atoms with van der Waals surface area (Å²) in [5, 5.41) is 0. The molecule has 0 bridgehead atoms. The first-order valence-corrected chi connectivity index (χ1v) is 7.33. The van der Waals surface area contributed by atoms with E-state index in [2.05, 4.69) is 13.8 Å². The first-order chi connectivity index (χ1) is 8.12. The lowest BCUT2D eigenvalue weighted by molar-refractivity contribution is -0.122. The van der Waals surface area contributed by atoms with Crippen molar-refractivity contribution in [3.8, 4) is 0 Å². The van der Waals surface area contributed by atoms with E-state index in [1.165, 1.54) is 32.1 Å². The van der Waals surface area contributed by atoms with Crippen LogP contribution in [0.3, 0.4) is 0 Å². The van der Waals surface area contributed by atoms with Gasteiger partial charge in [0.15, 0.2) is 0 Å². The van der Waals surface area contributed by atoms with Crippen LogP contribution >= 0.6 is 0 Å². The highest BCUT2D eigenvalue weighted by Gasteiger charge is 2.32. The molecule has 0 spiro atoms. The molecule has 2 nitrogen and oxygen atoms in total. The molecule has 17 heavy (non-hydrogen) atoms. The third-order valence-corrected chi connectivity index (χ3v) is 4.28. The van der Waals surface area contributed by atoms with Crippen molar-refractivity contribution in [3.63, 3.8) is 0 Å². The predicted octanol–water partition coefficient (Wildman–Crippen LogP) is 3.68. The van der Waals surface area contributed by atoms with Gasteiger partial charge < -0.3 is 5.73 Å². The normalized spacial score (nSPS) is 21.1. The number of rotatable bonds is 7. The second kappa shape index (κ2) is 7.15. The molecule has 1 rings (SSSR count). The van der Waals surface area contributed by atoms with Gasteiger partial charge in [-0.3, -0.25) is 4.79 Å². The Balaban J connectivity index is 2.41. The summed E-state index contributed by atoms with van der Waals surface area (Å²) >= 11 is 0. The van der Waals surface area contributed by atoms with Crippen LogP contribution in [0.2, 0.25) is 0 Å². The van der Waals surface area contributed by atoms with Crippen molar-refractivity contribution in [2.45, 2.75) is 71.6 Å². The molecule has 0 aromatic heterocycles. The largest absolute Gasteiger partial charge is 0.330 e. The molecule has 1 aliphatic carbocycles. The van der Waals surface area contributed by atoms with Gasteiger partial charge in [0.1, 0.15) is 5.78 Å². The molecule has 0 radical (unpaired) electrons. The van der Waals surface area contributed by atoms with Crippen LogP contribution in [0.4, 0.5) is 0 Å². The third kappa shape index (κ3) is 4.79. The highest BCUT2D eigenvalue weighted by molar-refractivity contribution is 5.79. The fraction of sp³-hybridized carbons (Fsp3) is 0.933. The topological polar surface area (TPSA) is 43.1 Å². The lowest BCUT2D eigenvalue weighted by Crippen LogP contribution is -2.35. The first-order valence-electron chi connectivity index (χ1n) is 7.33. The van der Waals surface area contributed by atoms with E-state index in [9.17, 15) is 4.79 Å². The summed E-state index contributed by atoms with van der Waals surface area (Å²) in [6.07, 6.45) is 10.0. The highest BCUT2D eigenvalue weighted by atomic mass is 16.1. The molecule has 0 aromatic carbocycles. The van der Waals surface area contributed by atoms with Crippen molar-refractivity contribution in [1.29, 1.82) is 0 Å². The zero-order valence-corrected chi connectivity index (χ0v) is 11.6. The third-order valence-electron chi connectivity index (χ3n) is 4.28. The standard InChI is InChI=1S/C15H29NO/c1-3-7-13(2)10-14(17)11-15(12-16)8-5-4-6-9-15/h13H,3-12,16H2,1-2H3. The van der Waals surface area contributed by atoms with E-state index in [-0.39, 0.29) is 5.41 Å². The second-order valence-electron chi connectivity index (χ2n) is 6.08. The monoisotopic (exact) mass is 239 g/mol. The Bertz CT molecular complexity index is 231. The van der Waals surface area contributed by atoms with Gasteiger partial charge >= 0.3 is 0 Å². The van der Waals surface area contributed by atoms with Crippen LogP contribution in [0.15, 0.2) is 0 Å². The minimum absolute atomic E-state index is 0.154. The molecule has 1 fully saturated rings. The summed E-state index contributed by atoms with van der Waals surface area (Å²) in [4.78, 5) is 12.1. The zero-order chi connectivity index (χ0) is 12.7. The van der Waals surface area contributed by atoms with Gasteiger partial charge in [-0.1, -0.05) is 46.0 Å². The maximum absolute atomic E-state index is 12.1. The molecule has 100 valence electrons. The fourth-order valence-corrected chi connectivity index (χ4v) is 3.23. The van der Waals surface area contributed by atoms with Crippen molar-refractivity contribution in [2.24, 2.45) is 17.1 Å². The number of carbonyl (C=O) groups excluding carboxylic acids is 1. The highest BCUT2D eigenvalue weighted by Crippen LogP contribution is 2.39. The van der Waals surface area contributed by atoms with Crippen molar-refractivity contribution in [1.82, 2.24) is 0 Å². The molecule has 0 heterocycles. The minimum atomic E-state index is 0.154. The maximum Gasteiger partial charge on any atom is 0.133 e. The van der Waals surface area contributed by atoms with Crippen LogP contribution < -0.4 is 5.73 Å². The molecule has 0 aromatic rings. The van der Waals surface area contributed by atoms with Gasteiger partial charge in [-0.15, -0.1) is 0 Å². The van der Waals surface area contributed by atoms with Crippen LogP contribution in [0.5, 0.6) is 0 Å². The van der Waals surface area contributed by atoms with Crippen LogP contribution in [-0.4, -0.2) is 12.3 Å². The predicted molar refractivity (Wildman–Crippen MR) is 72.9 cm³/mol. The number of ketones is 1. The number of nitrogens with two attached hydrogens (primary N) is 1. The van der Waals surface area contributed by atoms with Crippen molar-refractivity contribution < 1.29 is 4.79 Å². The van der Waals surface area contributed by atoms with Gasteiger partial charge in [0.2, 0.25) is 0 Å². The van der Waals surface area contributed by atoms with Gasteiger partial charge in [-0.25, -0.2) is 0 Å². The number of carbonyl (C=O) groups is 1. The van der Waals surface area contributed by atoms with E-state index in [1.807, 2.05) is 0 Å². The molecule has 2 heteroatoms. The van der Waals surface area contributed by atoms with Gasteiger partial charge in [-0.05, 0) is 30.7 Å². The molecule has 0 saturated heterocycles. The first kappa shape index (κ1) is 14.7. The molecule has 2 N–H and O–H groups in total. The quantitative estimate of drug-likeness (QED) is 0.736. The zero-order valence-electron chi connectivity index (χ0n) is 11.6. The molecule has 1 aliphatic rings. The number of hydrogen-bond acceptors (Lipinski definition) is 2. The molecule has 1 saturated carbocycles. The lowest BCUT2D eigenvalue weighted by Gasteiger charge is -2.36. The number of hydrogen-bond donors (Lipinski definition) is 1. The molecule has 1 atom stereocenters. The Morgan fingerprint density at radius 1 is 1.29 bits per heavy atom. The lowest BCUT2D eigenvalue weighted by atomic mass is 9.70. The Labute approximate surface area is 106 Å². The second-order valence-corrected chi connectivity index (χ2v) is 6.08. The van der Waals surface area contributed by atoms with Crippen LogP contribution in [-0.2, 0) is 4.79 Å². The smallest absolute Gasteiger partial charge is 0.133 e. The SMILES string of the molecule is CCCC(C)CC(=O)CC1(CN)CCCCC1. The fourth-order valence-electron chi connectivity index (χ4n) is 3.23. The van der Waals surface area contributed by atoms with Crippen LogP contribution in [0, 0.1) is 11.3 Å². The Morgan fingerprint density at radius 2 is 1.94 bits per heavy atom. The van der Waals surface area contributed by atoms with E-state index in [0.717, 1.165) is 25.7 Å². The Kier molecular flexibility index (Phi) is 6.18. The number of Topliss-reactive ketones (excluding diaryl/α,β-unsaturated/α-hetero) is 1. The van der Waals surface area contributed by atoms with Gasteiger partial charge in [-0.2, -0.15) is 0 Å². The van der Waals surface area contributed by atoms with Crippen LogP contribution in [0.25, 0.3) is 0 Å². The van der Waals surface area contributed by atoms with Crippen molar-refractivity contribution in [2.75, 3.05) is 6.54 Å². The molecule has 0 aliphatic heterocycles. The summed E-state index contributed by atoms with van der Waals surface area (Å²) in [6, 6.07) is 0. The van der Waals surface area contributed by atoms with E-state index >= 15 is 0 Å². The Morgan fingerprint density at radius 3 is 2.47 bits per heavy atom. The van der Waals surface area contributed by atoms with E-state index in [1.54, 1.807) is 0 Å². The van der Waals surface area contributed by atoms with Gasteiger partial charge in [0.25, 0.3) is 0 Å². The maximum atomic E-state index is 12.1. The molecule has 0 amide bonds. The molecule has 1 unspecified atom stereocenters. The molecular weight excluding hydrogens is 210 g/mol. The van der Waals surface area contributed by atoms with E-state index in [4.69, 9.17) is 5.73 Å². The average molecular weight is 239 g/mol. The van der Waals surface area contributed by atoms with E-state index in [0.29, 0.717) is 18.2 Å². The summed E-state index contributed by atoms with van der Waals surface area (Å²) in [5.74, 6) is 0.990. The summed E-state index contributed by atoms with van der Waals surface area (Å²) < 4.78 is 0. The Hall–Kier alpha value is -0.370.